The number of hydrogen-bond donors (Lipinski definition) is 1. The fourth-order valence-corrected chi connectivity index (χ4v) is 3.16. The summed E-state index contributed by atoms with van der Waals surface area (Å²) in [7, 11) is 1.64. The molecule has 2 nitrogen and oxygen atoms in total. The number of hydrogen-bond acceptors (Lipinski definition) is 3. The predicted molar refractivity (Wildman–Crippen MR) is 62.8 cm³/mol. The molecule has 0 saturated carbocycles. The normalized spacial score (nSPS) is 10.6. The minimum Gasteiger partial charge on any atom is -0.499 e. The van der Waals surface area contributed by atoms with Crippen LogP contribution in [0.4, 0.5) is 0 Å². The van der Waals surface area contributed by atoms with Crippen LogP contribution in [0.25, 0.3) is 10.1 Å². The van der Waals surface area contributed by atoms with Gasteiger partial charge in [-0.2, -0.15) is 0 Å². The highest BCUT2D eigenvalue weighted by Crippen LogP contribution is 2.41. The number of rotatable bonds is 1. The molecule has 0 bridgehead atoms. The van der Waals surface area contributed by atoms with E-state index in [2.05, 4.69) is 22.6 Å². The van der Waals surface area contributed by atoms with E-state index in [1.807, 2.05) is 18.2 Å². The van der Waals surface area contributed by atoms with Crippen LogP contribution in [0.15, 0.2) is 18.2 Å². The molecule has 0 atom stereocenters. The summed E-state index contributed by atoms with van der Waals surface area (Å²) >= 11 is 3.50. The largest absolute Gasteiger partial charge is 0.499 e. The van der Waals surface area contributed by atoms with E-state index < -0.39 is 0 Å². The van der Waals surface area contributed by atoms with Crippen LogP contribution in [0.3, 0.4) is 0 Å². The van der Waals surface area contributed by atoms with Crippen molar-refractivity contribution in [1.82, 2.24) is 0 Å². The SMILES string of the molecule is COc1cccc2sc(O)c(I)c12. The number of fused-ring (bicyclic) bond motifs is 1. The molecule has 0 unspecified atom stereocenters. The van der Waals surface area contributed by atoms with Gasteiger partial charge in [-0.1, -0.05) is 17.4 Å². The highest BCUT2D eigenvalue weighted by atomic mass is 127. The van der Waals surface area contributed by atoms with E-state index in [0.717, 1.165) is 19.4 Å². The van der Waals surface area contributed by atoms with Gasteiger partial charge in [0.1, 0.15) is 5.75 Å². The lowest BCUT2D eigenvalue weighted by Crippen LogP contribution is -1.82. The second-order valence-corrected chi connectivity index (χ2v) is 4.66. The summed E-state index contributed by atoms with van der Waals surface area (Å²) in [5, 5.41) is 10.9. The van der Waals surface area contributed by atoms with Crippen molar-refractivity contribution in [3.63, 3.8) is 0 Å². The number of methoxy groups -OCH3 is 1. The van der Waals surface area contributed by atoms with Gasteiger partial charge in [0.25, 0.3) is 0 Å². The lowest BCUT2D eigenvalue weighted by Gasteiger charge is -2.00. The van der Waals surface area contributed by atoms with E-state index in [1.54, 1.807) is 7.11 Å². The van der Waals surface area contributed by atoms with Crippen molar-refractivity contribution in [2.45, 2.75) is 0 Å². The van der Waals surface area contributed by atoms with Gasteiger partial charge in [0.15, 0.2) is 5.06 Å². The quantitative estimate of drug-likeness (QED) is 0.820. The van der Waals surface area contributed by atoms with Gasteiger partial charge < -0.3 is 9.84 Å². The van der Waals surface area contributed by atoms with Crippen molar-refractivity contribution in [3.8, 4) is 10.8 Å². The second kappa shape index (κ2) is 3.34. The van der Waals surface area contributed by atoms with Crippen LogP contribution in [0, 0.1) is 3.57 Å². The third-order valence-corrected chi connectivity index (χ3v) is 4.20. The van der Waals surface area contributed by atoms with E-state index >= 15 is 0 Å². The number of aromatic hydroxyl groups is 1. The Morgan fingerprint density at radius 3 is 2.92 bits per heavy atom. The smallest absolute Gasteiger partial charge is 0.186 e. The molecule has 1 heterocycles. The zero-order valence-electron chi connectivity index (χ0n) is 6.87. The molecule has 68 valence electrons. The monoisotopic (exact) mass is 306 g/mol. The van der Waals surface area contributed by atoms with Crippen LogP contribution >= 0.6 is 33.9 Å². The molecule has 2 aromatic rings. The van der Waals surface area contributed by atoms with E-state index in [0.29, 0.717) is 5.06 Å². The van der Waals surface area contributed by atoms with Gasteiger partial charge in [-0.05, 0) is 34.7 Å². The Balaban J connectivity index is 2.87. The molecule has 4 heteroatoms. The fourth-order valence-electron chi connectivity index (χ4n) is 1.24. The van der Waals surface area contributed by atoms with Crippen LogP contribution < -0.4 is 4.74 Å². The van der Waals surface area contributed by atoms with E-state index in [-0.39, 0.29) is 0 Å². The lowest BCUT2D eigenvalue weighted by molar-refractivity contribution is 0.419. The number of halogens is 1. The standard InChI is InChI=1S/C9H7IO2S/c1-12-5-3-2-4-6-7(5)8(10)9(11)13-6/h2-4,11H,1H3. The highest BCUT2D eigenvalue weighted by molar-refractivity contribution is 14.1. The first-order valence-electron chi connectivity index (χ1n) is 3.68. The first kappa shape index (κ1) is 9.08. The molecular weight excluding hydrogens is 299 g/mol. The maximum Gasteiger partial charge on any atom is 0.186 e. The summed E-state index contributed by atoms with van der Waals surface area (Å²) in [6.07, 6.45) is 0. The van der Waals surface area contributed by atoms with Crippen LogP contribution in [-0.4, -0.2) is 12.2 Å². The summed E-state index contributed by atoms with van der Waals surface area (Å²) in [5.74, 6) is 0.818. The fraction of sp³-hybridized carbons (Fsp3) is 0.111. The van der Waals surface area contributed by atoms with Crippen molar-refractivity contribution >= 4 is 44.0 Å². The highest BCUT2D eigenvalue weighted by Gasteiger charge is 2.12. The topological polar surface area (TPSA) is 29.5 Å². The molecule has 0 saturated heterocycles. The van der Waals surface area contributed by atoms with Crippen molar-refractivity contribution in [1.29, 1.82) is 0 Å². The molecule has 0 radical (unpaired) electrons. The second-order valence-electron chi connectivity index (χ2n) is 2.55. The van der Waals surface area contributed by atoms with Crippen LogP contribution in [0.1, 0.15) is 0 Å². The Morgan fingerprint density at radius 1 is 1.46 bits per heavy atom. The molecule has 0 fully saturated rings. The summed E-state index contributed by atoms with van der Waals surface area (Å²) in [5.41, 5.74) is 0. The van der Waals surface area contributed by atoms with Gasteiger partial charge in [0.05, 0.1) is 16.1 Å². The molecule has 13 heavy (non-hydrogen) atoms. The predicted octanol–water partition coefficient (Wildman–Crippen LogP) is 3.22. The Labute approximate surface area is 93.3 Å². The average Bonchev–Trinajstić information content (AvgIpc) is 2.43. The van der Waals surface area contributed by atoms with Crippen molar-refractivity contribution in [3.05, 3.63) is 21.8 Å². The Morgan fingerprint density at radius 2 is 2.23 bits per heavy atom. The first-order chi connectivity index (χ1) is 6.24. The average molecular weight is 306 g/mol. The Bertz CT molecular complexity index is 450. The van der Waals surface area contributed by atoms with Gasteiger partial charge >= 0.3 is 0 Å². The summed E-state index contributed by atoms with van der Waals surface area (Å²) in [6, 6.07) is 5.80. The van der Waals surface area contributed by atoms with E-state index in [1.165, 1.54) is 11.3 Å². The molecule has 2 rings (SSSR count). The van der Waals surface area contributed by atoms with Gasteiger partial charge in [0.2, 0.25) is 0 Å². The Kier molecular flexibility index (Phi) is 2.33. The van der Waals surface area contributed by atoms with Gasteiger partial charge in [-0.3, -0.25) is 0 Å². The minimum absolute atomic E-state index is 0.361. The molecule has 0 amide bonds. The molecule has 1 aromatic heterocycles. The van der Waals surface area contributed by atoms with Crippen LogP contribution in [0.5, 0.6) is 10.8 Å². The summed E-state index contributed by atoms with van der Waals surface area (Å²) < 4.78 is 7.14. The van der Waals surface area contributed by atoms with Gasteiger partial charge in [-0.15, -0.1) is 0 Å². The summed E-state index contributed by atoms with van der Waals surface area (Å²) in [6.45, 7) is 0. The third kappa shape index (κ3) is 1.38. The van der Waals surface area contributed by atoms with Gasteiger partial charge in [0, 0.05) is 4.70 Å². The van der Waals surface area contributed by atoms with Crippen molar-refractivity contribution in [2.24, 2.45) is 0 Å². The first-order valence-corrected chi connectivity index (χ1v) is 5.57. The summed E-state index contributed by atoms with van der Waals surface area (Å²) in [4.78, 5) is 0. The van der Waals surface area contributed by atoms with Crippen molar-refractivity contribution < 1.29 is 9.84 Å². The lowest BCUT2D eigenvalue weighted by atomic mass is 10.2. The van der Waals surface area contributed by atoms with E-state index in [9.17, 15) is 5.11 Å². The molecule has 0 spiro atoms. The molecule has 1 aromatic carbocycles. The van der Waals surface area contributed by atoms with Gasteiger partial charge in [-0.25, -0.2) is 0 Å². The zero-order chi connectivity index (χ0) is 9.42. The molecule has 0 aliphatic rings. The van der Waals surface area contributed by atoms with Crippen LogP contribution in [0.2, 0.25) is 0 Å². The number of thiophene rings is 1. The van der Waals surface area contributed by atoms with Crippen LogP contribution in [-0.2, 0) is 0 Å². The van der Waals surface area contributed by atoms with Crippen molar-refractivity contribution in [2.75, 3.05) is 7.11 Å². The molecular formula is C9H7IO2S. The number of benzene rings is 1. The molecule has 0 aliphatic heterocycles. The zero-order valence-corrected chi connectivity index (χ0v) is 9.85. The molecule has 1 N–H and O–H groups in total. The Hall–Kier alpha value is -0.490. The minimum atomic E-state index is 0.361. The van der Waals surface area contributed by atoms with E-state index in [4.69, 9.17) is 4.74 Å². The molecule has 0 aliphatic carbocycles. The number of ether oxygens (including phenoxy) is 1. The maximum atomic E-state index is 9.52. The maximum absolute atomic E-state index is 9.52. The third-order valence-electron chi connectivity index (χ3n) is 1.82.